The molecule has 0 saturated heterocycles. The van der Waals surface area contributed by atoms with Crippen LogP contribution in [0.15, 0.2) is 45.6 Å². The molecule has 156 valence electrons. The van der Waals surface area contributed by atoms with E-state index in [-0.39, 0.29) is 41.4 Å². The summed E-state index contributed by atoms with van der Waals surface area (Å²) < 4.78 is 16.0. The summed E-state index contributed by atoms with van der Waals surface area (Å²) in [5.41, 5.74) is 0.708. The zero-order valence-corrected chi connectivity index (χ0v) is 16.8. The number of hydrogen-bond donors (Lipinski definition) is 1. The largest absolute Gasteiger partial charge is 0.469 e. The number of halogens is 1. The van der Waals surface area contributed by atoms with Crippen LogP contribution < -0.4 is 5.43 Å². The summed E-state index contributed by atoms with van der Waals surface area (Å²) in [6.45, 7) is 0.0350. The van der Waals surface area contributed by atoms with Gasteiger partial charge in [-0.15, -0.1) is 5.10 Å². The lowest BCUT2D eigenvalue weighted by Gasteiger charge is -2.33. The van der Waals surface area contributed by atoms with Gasteiger partial charge in [-0.05, 0) is 37.1 Å². The highest BCUT2D eigenvalue weighted by atomic mass is 35.5. The number of aliphatic hydroxyl groups is 1. The van der Waals surface area contributed by atoms with Crippen molar-refractivity contribution >= 4 is 28.5 Å². The van der Waals surface area contributed by atoms with Gasteiger partial charge < -0.3 is 19.0 Å². The van der Waals surface area contributed by atoms with Crippen molar-refractivity contribution in [3.8, 4) is 11.5 Å². The number of nitrogens with zero attached hydrogens (tertiary/aromatic N) is 2. The summed E-state index contributed by atoms with van der Waals surface area (Å²) in [7, 11) is 1.36. The molecule has 0 radical (unpaired) electrons. The van der Waals surface area contributed by atoms with E-state index in [2.05, 4.69) is 14.9 Å². The summed E-state index contributed by atoms with van der Waals surface area (Å²) >= 11 is 6.13. The number of carbonyl (C=O) groups excluding carboxylic acids is 1. The first-order valence-corrected chi connectivity index (χ1v) is 9.78. The van der Waals surface area contributed by atoms with Gasteiger partial charge in [0, 0.05) is 6.07 Å². The fraction of sp³-hybridized carbons (Fsp3) is 0.333. The van der Waals surface area contributed by atoms with E-state index in [9.17, 15) is 14.7 Å². The maximum atomic E-state index is 12.3. The minimum Gasteiger partial charge on any atom is -0.469 e. The van der Waals surface area contributed by atoms with Crippen molar-refractivity contribution in [3.63, 3.8) is 0 Å². The number of hydrogen-bond acceptors (Lipinski definition) is 8. The molecule has 1 atom stereocenters. The fourth-order valence-corrected chi connectivity index (χ4v) is 3.51. The van der Waals surface area contributed by atoms with Crippen molar-refractivity contribution in [2.75, 3.05) is 13.7 Å². The highest BCUT2D eigenvalue weighted by Gasteiger charge is 2.36. The molecule has 8 nitrogen and oxygen atoms in total. The number of aliphatic hydroxyl groups excluding tert-OH is 1. The molecule has 0 spiro atoms. The van der Waals surface area contributed by atoms with E-state index < -0.39 is 6.10 Å². The number of aromatic nitrogens is 2. The van der Waals surface area contributed by atoms with E-state index >= 15 is 0 Å². The van der Waals surface area contributed by atoms with Crippen LogP contribution in [-0.2, 0) is 14.3 Å². The maximum Gasteiger partial charge on any atom is 0.308 e. The number of ether oxygens (including phenoxy) is 2. The molecule has 1 aromatic carbocycles. The topological polar surface area (TPSA) is 112 Å². The molecule has 1 N–H and O–H groups in total. The van der Waals surface area contributed by atoms with Gasteiger partial charge in [-0.3, -0.25) is 9.59 Å². The van der Waals surface area contributed by atoms with Gasteiger partial charge in [0.1, 0.15) is 11.8 Å². The number of fused-ring (bicyclic) bond motifs is 1. The minimum atomic E-state index is -0.971. The predicted molar refractivity (Wildman–Crippen MR) is 108 cm³/mol. The second kappa shape index (κ2) is 8.51. The van der Waals surface area contributed by atoms with E-state index in [0.29, 0.717) is 34.6 Å². The molecular weight excluding hydrogens is 412 g/mol. The van der Waals surface area contributed by atoms with Crippen LogP contribution in [0.4, 0.5) is 0 Å². The number of rotatable bonds is 6. The van der Waals surface area contributed by atoms with Gasteiger partial charge >= 0.3 is 5.97 Å². The quantitative estimate of drug-likeness (QED) is 0.594. The number of carbonyl (C=O) groups is 1. The van der Waals surface area contributed by atoms with Crippen molar-refractivity contribution in [1.82, 2.24) is 10.2 Å². The molecule has 1 saturated carbocycles. The zero-order valence-electron chi connectivity index (χ0n) is 16.1. The van der Waals surface area contributed by atoms with E-state index in [1.54, 1.807) is 30.3 Å². The van der Waals surface area contributed by atoms with Gasteiger partial charge in [0.2, 0.25) is 0 Å². The third-order valence-corrected chi connectivity index (χ3v) is 5.40. The average molecular weight is 431 g/mol. The second-order valence-corrected chi connectivity index (χ2v) is 7.50. The number of para-hydroxylation sites is 1. The van der Waals surface area contributed by atoms with Gasteiger partial charge in [-0.1, -0.05) is 17.7 Å². The van der Waals surface area contributed by atoms with Crippen molar-refractivity contribution in [3.05, 3.63) is 57.3 Å². The van der Waals surface area contributed by atoms with Gasteiger partial charge in [-0.2, -0.15) is 5.10 Å². The molecule has 9 heteroatoms. The Bertz CT molecular complexity index is 1120. The Morgan fingerprint density at radius 3 is 2.80 bits per heavy atom. The first-order chi connectivity index (χ1) is 14.5. The molecule has 0 amide bonds. The van der Waals surface area contributed by atoms with E-state index in [4.69, 9.17) is 20.8 Å². The fourth-order valence-electron chi connectivity index (χ4n) is 3.29. The second-order valence-electron chi connectivity index (χ2n) is 7.10. The van der Waals surface area contributed by atoms with Crippen LogP contribution in [0.3, 0.4) is 0 Å². The summed E-state index contributed by atoms with van der Waals surface area (Å²) in [4.78, 5) is 23.7. The lowest BCUT2D eigenvalue weighted by Crippen LogP contribution is -2.37. The van der Waals surface area contributed by atoms with Gasteiger partial charge in [0.25, 0.3) is 0 Å². The summed E-state index contributed by atoms with van der Waals surface area (Å²) in [5.74, 6) is -0.145. The molecule has 1 unspecified atom stereocenters. The monoisotopic (exact) mass is 430 g/mol. The zero-order chi connectivity index (χ0) is 21.3. The lowest BCUT2D eigenvalue weighted by molar-refractivity contribution is -0.156. The molecule has 2 aromatic heterocycles. The van der Waals surface area contributed by atoms with Crippen LogP contribution in [0.5, 0.6) is 0 Å². The minimum absolute atomic E-state index is 0.0350. The number of esters is 1. The Labute approximate surface area is 176 Å². The van der Waals surface area contributed by atoms with E-state index in [0.717, 1.165) is 0 Å². The molecule has 0 aliphatic heterocycles. The third-order valence-electron chi connectivity index (χ3n) is 5.10. The van der Waals surface area contributed by atoms with Crippen LogP contribution in [0.2, 0.25) is 5.02 Å². The van der Waals surface area contributed by atoms with Crippen LogP contribution in [-0.4, -0.2) is 41.1 Å². The predicted octanol–water partition coefficient (Wildman–Crippen LogP) is 2.91. The Morgan fingerprint density at radius 1 is 1.30 bits per heavy atom. The summed E-state index contributed by atoms with van der Waals surface area (Å²) in [6.07, 6.45) is 0.0931. The van der Waals surface area contributed by atoms with Crippen molar-refractivity contribution in [2.45, 2.75) is 25.0 Å². The Kier molecular flexibility index (Phi) is 5.80. The van der Waals surface area contributed by atoms with Crippen molar-refractivity contribution < 1.29 is 23.8 Å². The third kappa shape index (κ3) is 4.07. The smallest absolute Gasteiger partial charge is 0.308 e. The summed E-state index contributed by atoms with van der Waals surface area (Å²) in [6, 6.07) is 9.47. The van der Waals surface area contributed by atoms with Crippen molar-refractivity contribution in [1.29, 1.82) is 0 Å². The highest BCUT2D eigenvalue weighted by molar-refractivity contribution is 6.34. The molecule has 2 heterocycles. The molecule has 30 heavy (non-hydrogen) atoms. The number of methoxy groups -OCH3 is 1. The standard InChI is InChI=1S/C21H19ClN2O6/c1-28-21(27)11-7-12(8-11)29-10-18(26)15-5-6-16(24-23-15)19-9-17(25)13-3-2-4-14(22)20(13)30-19/h2-6,9,11-12,18,26H,7-8,10H2,1H3. The van der Waals surface area contributed by atoms with Crippen LogP contribution >= 0.6 is 11.6 Å². The highest BCUT2D eigenvalue weighted by Crippen LogP contribution is 2.32. The van der Waals surface area contributed by atoms with Gasteiger partial charge in [0.15, 0.2) is 16.8 Å². The van der Waals surface area contributed by atoms with Gasteiger partial charge in [-0.25, -0.2) is 0 Å². The van der Waals surface area contributed by atoms with Crippen LogP contribution in [0.25, 0.3) is 22.4 Å². The Morgan fingerprint density at radius 2 is 2.10 bits per heavy atom. The molecule has 4 rings (SSSR count). The van der Waals surface area contributed by atoms with Gasteiger partial charge in [0.05, 0.1) is 41.8 Å². The lowest BCUT2D eigenvalue weighted by atomic mass is 9.82. The first kappa shape index (κ1) is 20.5. The van der Waals surface area contributed by atoms with Crippen LogP contribution in [0, 0.1) is 5.92 Å². The first-order valence-electron chi connectivity index (χ1n) is 9.40. The average Bonchev–Trinajstić information content (AvgIpc) is 2.73. The van der Waals surface area contributed by atoms with E-state index in [1.807, 2.05) is 0 Å². The van der Waals surface area contributed by atoms with E-state index in [1.165, 1.54) is 13.2 Å². The Hall–Kier alpha value is -2.81. The molecule has 0 bridgehead atoms. The van der Waals surface area contributed by atoms with Crippen LogP contribution in [0.1, 0.15) is 24.6 Å². The summed E-state index contributed by atoms with van der Waals surface area (Å²) in [5, 5.41) is 19.1. The Balaban J connectivity index is 1.42. The molecule has 1 aliphatic carbocycles. The molecule has 1 aliphatic rings. The maximum absolute atomic E-state index is 12.3. The number of benzene rings is 1. The normalized spacial score (nSPS) is 19.3. The molecular formula is C21H19ClN2O6. The SMILES string of the molecule is COC(=O)C1CC(OCC(O)c2ccc(-c3cc(=O)c4cccc(Cl)c4o3)nn2)C1. The van der Waals surface area contributed by atoms with Crippen molar-refractivity contribution in [2.24, 2.45) is 5.92 Å². The molecule has 3 aromatic rings. The molecule has 1 fully saturated rings.